The van der Waals surface area contributed by atoms with Crippen LogP contribution in [-0.2, 0) is 6.61 Å². The first-order valence-electron chi connectivity index (χ1n) is 7.05. The zero-order chi connectivity index (χ0) is 14.5. The lowest BCUT2D eigenvalue weighted by Crippen LogP contribution is -2.19. The molecule has 1 aliphatic rings. The van der Waals surface area contributed by atoms with E-state index in [1.807, 2.05) is 24.3 Å². The number of hydrogen-bond acceptors (Lipinski definition) is 3. The lowest BCUT2D eigenvalue weighted by molar-refractivity contribution is 0.301. The van der Waals surface area contributed by atoms with Gasteiger partial charge in [-0.2, -0.15) is 0 Å². The molecule has 1 aliphatic heterocycles. The van der Waals surface area contributed by atoms with Crippen LogP contribution in [0.1, 0.15) is 17.7 Å². The summed E-state index contributed by atoms with van der Waals surface area (Å²) in [6, 6.07) is 12.2. The van der Waals surface area contributed by atoms with Crippen molar-refractivity contribution >= 4 is 21.5 Å². The Morgan fingerprint density at radius 1 is 1.14 bits per heavy atom. The third-order valence-electron chi connectivity index (χ3n) is 3.46. The highest BCUT2D eigenvalue weighted by Gasteiger charge is 2.05. The zero-order valence-electron chi connectivity index (χ0n) is 11.7. The van der Waals surface area contributed by atoms with Crippen molar-refractivity contribution in [2.45, 2.75) is 13.0 Å². The summed E-state index contributed by atoms with van der Waals surface area (Å²) in [5.74, 6) is 0.873. The predicted octanol–water partition coefficient (Wildman–Crippen LogP) is 3.80. The first-order valence-corrected chi connectivity index (χ1v) is 7.84. The number of rotatable bonds is 4. The maximum absolute atomic E-state index is 5.76. The molecule has 3 nitrogen and oxygen atoms in total. The highest BCUT2D eigenvalue weighted by atomic mass is 79.9. The van der Waals surface area contributed by atoms with Gasteiger partial charge in [0.15, 0.2) is 0 Å². The predicted molar refractivity (Wildman–Crippen MR) is 88.2 cm³/mol. The molecule has 108 valence electrons. The van der Waals surface area contributed by atoms with Crippen LogP contribution in [0.15, 0.2) is 53.1 Å². The van der Waals surface area contributed by atoms with Crippen molar-refractivity contribution in [3.05, 3.63) is 64.4 Å². The van der Waals surface area contributed by atoms with Gasteiger partial charge in [-0.25, -0.2) is 0 Å². The first kappa shape index (κ1) is 14.3. The fourth-order valence-electron chi connectivity index (χ4n) is 2.30. The fraction of sp³-hybridized carbons (Fsp3) is 0.235. The third kappa shape index (κ3) is 3.93. The van der Waals surface area contributed by atoms with Gasteiger partial charge < -0.3 is 10.1 Å². The molecule has 0 bridgehead atoms. The van der Waals surface area contributed by atoms with Crippen LogP contribution in [0, 0.1) is 0 Å². The van der Waals surface area contributed by atoms with Crippen LogP contribution in [0.2, 0.25) is 0 Å². The Morgan fingerprint density at radius 3 is 2.67 bits per heavy atom. The van der Waals surface area contributed by atoms with E-state index in [4.69, 9.17) is 4.74 Å². The summed E-state index contributed by atoms with van der Waals surface area (Å²) in [7, 11) is 0. The number of nitrogens with one attached hydrogen (secondary N) is 1. The molecule has 4 heteroatoms. The third-order valence-corrected chi connectivity index (χ3v) is 3.93. The lowest BCUT2D eigenvalue weighted by atomic mass is 10.0. The number of aromatic nitrogens is 1. The fourth-order valence-corrected chi connectivity index (χ4v) is 2.53. The second kappa shape index (κ2) is 6.87. The van der Waals surface area contributed by atoms with Crippen LogP contribution in [0.25, 0.3) is 5.57 Å². The van der Waals surface area contributed by atoms with Crippen LogP contribution in [0.5, 0.6) is 5.75 Å². The number of ether oxygens (including phenoxy) is 1. The SMILES string of the molecule is Brc1ccc(COc2ccc(C3=CCNCC3)cc2)nc1. The van der Waals surface area contributed by atoms with Gasteiger partial charge in [0.25, 0.3) is 0 Å². The monoisotopic (exact) mass is 344 g/mol. The Bertz CT molecular complexity index is 620. The number of nitrogens with zero attached hydrogens (tertiary/aromatic N) is 1. The molecule has 1 N–H and O–H groups in total. The average Bonchev–Trinajstić information content (AvgIpc) is 2.56. The summed E-state index contributed by atoms with van der Waals surface area (Å²) in [6.07, 6.45) is 5.12. The Kier molecular flexibility index (Phi) is 4.68. The Morgan fingerprint density at radius 2 is 2.00 bits per heavy atom. The standard InChI is InChI=1S/C17H17BrN2O/c18-15-3-4-16(20-11-15)12-21-17-5-1-13(2-6-17)14-7-9-19-10-8-14/h1-7,11,19H,8-10,12H2. The van der Waals surface area contributed by atoms with E-state index in [2.05, 4.69) is 44.4 Å². The molecule has 21 heavy (non-hydrogen) atoms. The van der Waals surface area contributed by atoms with Crippen LogP contribution >= 0.6 is 15.9 Å². The van der Waals surface area contributed by atoms with Gasteiger partial charge in [0.2, 0.25) is 0 Å². The number of halogens is 1. The van der Waals surface area contributed by atoms with Crippen molar-refractivity contribution in [1.82, 2.24) is 10.3 Å². The Hall–Kier alpha value is -1.65. The zero-order valence-corrected chi connectivity index (χ0v) is 13.3. The number of hydrogen-bond donors (Lipinski definition) is 1. The maximum Gasteiger partial charge on any atom is 0.130 e. The van der Waals surface area contributed by atoms with E-state index in [0.29, 0.717) is 6.61 Å². The summed E-state index contributed by atoms with van der Waals surface area (Å²) in [4.78, 5) is 4.30. The van der Waals surface area contributed by atoms with Crippen LogP contribution in [0.4, 0.5) is 0 Å². The average molecular weight is 345 g/mol. The highest BCUT2D eigenvalue weighted by Crippen LogP contribution is 2.22. The van der Waals surface area contributed by atoms with Gasteiger partial charge in [-0.15, -0.1) is 0 Å². The molecule has 0 spiro atoms. The van der Waals surface area contributed by atoms with Crippen LogP contribution in [0.3, 0.4) is 0 Å². The summed E-state index contributed by atoms with van der Waals surface area (Å²) in [6.45, 7) is 2.50. The molecular weight excluding hydrogens is 328 g/mol. The van der Waals surface area contributed by atoms with Crippen molar-refractivity contribution < 1.29 is 4.74 Å². The molecule has 2 heterocycles. The van der Waals surface area contributed by atoms with Crippen molar-refractivity contribution in [2.75, 3.05) is 13.1 Å². The largest absolute Gasteiger partial charge is 0.487 e. The van der Waals surface area contributed by atoms with E-state index in [-0.39, 0.29) is 0 Å². The molecule has 0 unspecified atom stereocenters. The van der Waals surface area contributed by atoms with Crippen molar-refractivity contribution in [3.63, 3.8) is 0 Å². The molecule has 0 radical (unpaired) electrons. The van der Waals surface area contributed by atoms with E-state index in [9.17, 15) is 0 Å². The molecule has 1 aromatic heterocycles. The minimum atomic E-state index is 0.485. The normalized spacial score (nSPS) is 14.6. The van der Waals surface area contributed by atoms with Gasteiger partial charge >= 0.3 is 0 Å². The molecule has 3 rings (SSSR count). The molecule has 0 atom stereocenters. The van der Waals surface area contributed by atoms with E-state index >= 15 is 0 Å². The summed E-state index contributed by atoms with van der Waals surface area (Å²) in [5.41, 5.74) is 3.61. The van der Waals surface area contributed by atoms with Gasteiger partial charge in [-0.1, -0.05) is 18.2 Å². The second-order valence-corrected chi connectivity index (χ2v) is 5.88. The van der Waals surface area contributed by atoms with Gasteiger partial charge in [-0.3, -0.25) is 4.98 Å². The van der Waals surface area contributed by atoms with E-state index < -0.39 is 0 Å². The van der Waals surface area contributed by atoms with Gasteiger partial charge in [0.1, 0.15) is 12.4 Å². The maximum atomic E-state index is 5.76. The number of benzene rings is 1. The Labute approximate surface area is 133 Å². The van der Waals surface area contributed by atoms with Crippen LogP contribution in [-0.4, -0.2) is 18.1 Å². The van der Waals surface area contributed by atoms with Gasteiger partial charge in [0, 0.05) is 17.2 Å². The lowest BCUT2D eigenvalue weighted by Gasteiger charge is -2.14. The molecule has 0 aliphatic carbocycles. The second-order valence-electron chi connectivity index (χ2n) is 4.96. The molecule has 2 aromatic rings. The smallest absolute Gasteiger partial charge is 0.130 e. The molecular formula is C17H17BrN2O. The summed E-state index contributed by atoms with van der Waals surface area (Å²) >= 11 is 3.37. The summed E-state index contributed by atoms with van der Waals surface area (Å²) < 4.78 is 6.74. The molecule has 0 fully saturated rings. The minimum absolute atomic E-state index is 0.485. The van der Waals surface area contributed by atoms with E-state index in [1.165, 1.54) is 11.1 Å². The molecule has 0 saturated heterocycles. The van der Waals surface area contributed by atoms with Crippen LogP contribution < -0.4 is 10.1 Å². The van der Waals surface area contributed by atoms with Crippen molar-refractivity contribution in [1.29, 1.82) is 0 Å². The quantitative estimate of drug-likeness (QED) is 0.915. The number of pyridine rings is 1. The van der Waals surface area contributed by atoms with E-state index in [0.717, 1.165) is 35.4 Å². The van der Waals surface area contributed by atoms with Gasteiger partial charge in [-0.05, 0) is 64.3 Å². The van der Waals surface area contributed by atoms with E-state index in [1.54, 1.807) is 6.20 Å². The van der Waals surface area contributed by atoms with Crippen molar-refractivity contribution in [3.8, 4) is 5.75 Å². The molecule has 0 amide bonds. The Balaban J connectivity index is 1.61. The first-order chi connectivity index (χ1) is 10.3. The minimum Gasteiger partial charge on any atom is -0.487 e. The summed E-state index contributed by atoms with van der Waals surface area (Å²) in [5, 5.41) is 3.33. The van der Waals surface area contributed by atoms with Gasteiger partial charge in [0.05, 0.1) is 5.69 Å². The topological polar surface area (TPSA) is 34.1 Å². The molecule has 0 saturated carbocycles. The van der Waals surface area contributed by atoms with Crippen molar-refractivity contribution in [2.24, 2.45) is 0 Å². The molecule has 1 aromatic carbocycles. The highest BCUT2D eigenvalue weighted by molar-refractivity contribution is 9.10.